The molecule has 29 heavy (non-hydrogen) atoms. The molecule has 156 valence electrons. The van der Waals surface area contributed by atoms with E-state index in [2.05, 4.69) is 5.32 Å². The van der Waals surface area contributed by atoms with Gasteiger partial charge in [-0.15, -0.1) is 0 Å². The first-order chi connectivity index (χ1) is 13.8. The fourth-order valence-electron chi connectivity index (χ4n) is 3.44. The summed E-state index contributed by atoms with van der Waals surface area (Å²) in [5.74, 6) is 0.0737. The zero-order chi connectivity index (χ0) is 21.0. The van der Waals surface area contributed by atoms with E-state index in [1.165, 1.54) is 23.5 Å². The maximum Gasteiger partial charge on any atom is 0.243 e. The number of nitrogens with zero attached hydrogens (tertiary/aromatic N) is 1. The van der Waals surface area contributed by atoms with E-state index >= 15 is 0 Å². The van der Waals surface area contributed by atoms with Crippen molar-refractivity contribution in [3.8, 4) is 5.75 Å². The molecular weight excluding hydrogens is 412 g/mol. The normalized spacial score (nSPS) is 18.8. The van der Waals surface area contributed by atoms with Crippen LogP contribution in [-0.2, 0) is 14.8 Å². The van der Waals surface area contributed by atoms with Crippen LogP contribution < -0.4 is 10.1 Å². The number of ether oxygens (including phenoxy) is 1. The topological polar surface area (TPSA) is 75.7 Å². The minimum Gasteiger partial charge on any atom is -0.497 e. The summed E-state index contributed by atoms with van der Waals surface area (Å²) in [6.07, 6.45) is 1.30. The highest BCUT2D eigenvalue weighted by Crippen LogP contribution is 2.26. The number of nitrogens with one attached hydrogen (secondary N) is 1. The van der Waals surface area contributed by atoms with Gasteiger partial charge in [0.05, 0.1) is 24.0 Å². The molecule has 0 saturated carbocycles. The van der Waals surface area contributed by atoms with Gasteiger partial charge in [0.15, 0.2) is 0 Å². The Labute approximate surface area is 176 Å². The number of hydrogen-bond donors (Lipinski definition) is 1. The first kappa shape index (κ1) is 21.6. The van der Waals surface area contributed by atoms with Gasteiger partial charge < -0.3 is 10.1 Å². The monoisotopic (exact) mass is 436 g/mol. The van der Waals surface area contributed by atoms with Crippen LogP contribution in [0.3, 0.4) is 0 Å². The predicted octanol–water partition coefficient (Wildman–Crippen LogP) is 3.63. The number of piperidine rings is 1. The number of halogens is 1. The van der Waals surface area contributed by atoms with Crippen molar-refractivity contribution in [1.82, 2.24) is 9.62 Å². The van der Waals surface area contributed by atoms with Gasteiger partial charge in [0.1, 0.15) is 5.75 Å². The van der Waals surface area contributed by atoms with Gasteiger partial charge in [-0.1, -0.05) is 23.7 Å². The molecule has 1 heterocycles. The number of hydrogen-bond acceptors (Lipinski definition) is 4. The van der Waals surface area contributed by atoms with Gasteiger partial charge in [-0.3, -0.25) is 4.79 Å². The van der Waals surface area contributed by atoms with Crippen molar-refractivity contribution in [2.24, 2.45) is 5.92 Å². The van der Waals surface area contributed by atoms with Gasteiger partial charge >= 0.3 is 0 Å². The highest BCUT2D eigenvalue weighted by atomic mass is 35.5. The summed E-state index contributed by atoms with van der Waals surface area (Å²) in [6.45, 7) is 2.48. The van der Waals surface area contributed by atoms with Crippen molar-refractivity contribution < 1.29 is 17.9 Å². The smallest absolute Gasteiger partial charge is 0.243 e. The molecule has 8 heteroatoms. The van der Waals surface area contributed by atoms with Crippen molar-refractivity contribution in [2.75, 3.05) is 20.2 Å². The Balaban J connectivity index is 1.67. The third-order valence-corrected chi connectivity index (χ3v) is 7.31. The second-order valence-electron chi connectivity index (χ2n) is 7.16. The summed E-state index contributed by atoms with van der Waals surface area (Å²) in [5.41, 5.74) is 0.946. The van der Waals surface area contributed by atoms with E-state index in [1.54, 1.807) is 24.3 Å². The van der Waals surface area contributed by atoms with Crippen LogP contribution >= 0.6 is 11.6 Å². The molecule has 1 aliphatic rings. The van der Waals surface area contributed by atoms with Gasteiger partial charge in [0, 0.05) is 18.1 Å². The Bertz CT molecular complexity index is 946. The average molecular weight is 437 g/mol. The molecule has 1 N–H and O–H groups in total. The fraction of sp³-hybridized carbons (Fsp3) is 0.381. The summed E-state index contributed by atoms with van der Waals surface area (Å²) in [6, 6.07) is 13.4. The lowest BCUT2D eigenvalue weighted by Gasteiger charge is -2.32. The van der Waals surface area contributed by atoms with E-state index in [9.17, 15) is 13.2 Å². The van der Waals surface area contributed by atoms with Crippen LogP contribution in [0.25, 0.3) is 0 Å². The molecule has 0 unspecified atom stereocenters. The van der Waals surface area contributed by atoms with Crippen molar-refractivity contribution in [2.45, 2.75) is 30.7 Å². The van der Waals surface area contributed by atoms with E-state index in [0.29, 0.717) is 30.2 Å². The van der Waals surface area contributed by atoms with Crippen LogP contribution in [0.2, 0.25) is 5.02 Å². The number of methoxy groups -OCH3 is 1. The van der Waals surface area contributed by atoms with Gasteiger partial charge in [-0.2, -0.15) is 4.31 Å². The second-order valence-corrected chi connectivity index (χ2v) is 9.53. The van der Waals surface area contributed by atoms with E-state index in [4.69, 9.17) is 16.3 Å². The molecule has 2 aromatic rings. The first-order valence-electron chi connectivity index (χ1n) is 9.51. The molecule has 0 bridgehead atoms. The van der Waals surface area contributed by atoms with E-state index < -0.39 is 10.0 Å². The quantitative estimate of drug-likeness (QED) is 0.750. The minimum atomic E-state index is -3.66. The van der Waals surface area contributed by atoms with Gasteiger partial charge in [-0.05, 0) is 61.7 Å². The molecule has 1 fully saturated rings. The number of sulfonamides is 1. The lowest BCUT2D eigenvalue weighted by molar-refractivity contribution is -0.126. The predicted molar refractivity (Wildman–Crippen MR) is 112 cm³/mol. The maximum atomic E-state index is 13.0. The van der Waals surface area contributed by atoms with Crippen molar-refractivity contribution in [3.05, 3.63) is 59.1 Å². The molecule has 2 aromatic carbocycles. The molecule has 0 spiro atoms. The lowest BCUT2D eigenvalue weighted by atomic mass is 9.98. The van der Waals surface area contributed by atoms with E-state index in [1.807, 2.05) is 19.1 Å². The fourth-order valence-corrected chi connectivity index (χ4v) is 5.09. The second kappa shape index (κ2) is 9.15. The van der Waals surface area contributed by atoms with Crippen LogP contribution in [0.4, 0.5) is 0 Å². The van der Waals surface area contributed by atoms with Crippen LogP contribution in [0, 0.1) is 5.92 Å². The number of carbonyl (C=O) groups excluding carboxylic acids is 1. The van der Waals surface area contributed by atoms with Crippen LogP contribution in [0.5, 0.6) is 5.75 Å². The Kier molecular flexibility index (Phi) is 6.82. The standard InChI is InChI=1S/C21H25ClN2O4S/c1-15(16-5-7-18(22)8-6-16)23-21(25)17-4-3-13-24(14-17)29(26,27)20-11-9-19(28-2)10-12-20/h5-12,15,17H,3-4,13-14H2,1-2H3,(H,23,25)/t15-,17-/m1/s1. The Morgan fingerprint density at radius 1 is 1.17 bits per heavy atom. The largest absolute Gasteiger partial charge is 0.497 e. The summed E-state index contributed by atoms with van der Waals surface area (Å²) in [5, 5.41) is 3.63. The molecule has 1 aliphatic heterocycles. The molecular formula is C21H25ClN2O4S. The molecule has 1 amide bonds. The summed E-state index contributed by atoms with van der Waals surface area (Å²) in [7, 11) is -2.13. The summed E-state index contributed by atoms with van der Waals surface area (Å²) < 4.78 is 32.4. The average Bonchev–Trinajstić information content (AvgIpc) is 2.74. The molecule has 2 atom stereocenters. The first-order valence-corrected chi connectivity index (χ1v) is 11.3. The number of rotatable bonds is 6. The third-order valence-electron chi connectivity index (χ3n) is 5.18. The van der Waals surface area contributed by atoms with Gasteiger partial charge in [0.25, 0.3) is 0 Å². The highest BCUT2D eigenvalue weighted by molar-refractivity contribution is 7.89. The summed E-state index contributed by atoms with van der Waals surface area (Å²) >= 11 is 5.91. The van der Waals surface area contributed by atoms with Crippen molar-refractivity contribution >= 4 is 27.5 Å². The zero-order valence-electron chi connectivity index (χ0n) is 16.5. The molecule has 3 rings (SSSR count). The Morgan fingerprint density at radius 3 is 2.45 bits per heavy atom. The van der Waals surface area contributed by atoms with Crippen LogP contribution in [-0.4, -0.2) is 38.8 Å². The lowest BCUT2D eigenvalue weighted by Crippen LogP contribution is -2.45. The molecule has 0 aliphatic carbocycles. The van der Waals surface area contributed by atoms with E-state index in [0.717, 1.165) is 5.56 Å². The van der Waals surface area contributed by atoms with Crippen LogP contribution in [0.1, 0.15) is 31.4 Å². The Hall–Kier alpha value is -2.09. The molecule has 1 saturated heterocycles. The molecule has 6 nitrogen and oxygen atoms in total. The number of amides is 1. The molecule has 0 radical (unpaired) electrons. The van der Waals surface area contributed by atoms with Gasteiger partial charge in [0.2, 0.25) is 15.9 Å². The Morgan fingerprint density at radius 2 is 1.83 bits per heavy atom. The third kappa shape index (κ3) is 5.10. The van der Waals surface area contributed by atoms with Crippen LogP contribution in [0.15, 0.2) is 53.4 Å². The zero-order valence-corrected chi connectivity index (χ0v) is 18.0. The summed E-state index contributed by atoms with van der Waals surface area (Å²) in [4.78, 5) is 13.0. The molecule has 0 aromatic heterocycles. The number of benzene rings is 2. The van der Waals surface area contributed by atoms with Crippen molar-refractivity contribution in [1.29, 1.82) is 0 Å². The minimum absolute atomic E-state index is 0.137. The number of carbonyl (C=O) groups is 1. The SMILES string of the molecule is COc1ccc(S(=O)(=O)N2CCC[C@@H](C(=O)N[C@H](C)c3ccc(Cl)cc3)C2)cc1. The van der Waals surface area contributed by atoms with E-state index in [-0.39, 0.29) is 29.3 Å². The maximum absolute atomic E-state index is 13.0. The van der Waals surface area contributed by atoms with Crippen molar-refractivity contribution in [3.63, 3.8) is 0 Å². The highest BCUT2D eigenvalue weighted by Gasteiger charge is 2.33. The van der Waals surface area contributed by atoms with Gasteiger partial charge in [-0.25, -0.2) is 8.42 Å².